The number of sulfonamides is 1. The molecule has 1 aliphatic heterocycles. The number of rotatable bonds is 7. The maximum atomic E-state index is 13.3. The van der Waals surface area contributed by atoms with Gasteiger partial charge in [0.15, 0.2) is 11.5 Å². The van der Waals surface area contributed by atoms with E-state index in [1.165, 1.54) is 26.0 Å². The number of carbonyl (C=O) groups excluding carboxylic acids is 1. The van der Waals surface area contributed by atoms with Gasteiger partial charge in [-0.25, -0.2) is 32.0 Å². The normalized spacial score (nSPS) is 15.3. The Kier molecular flexibility index (Phi) is 7.01. The van der Waals surface area contributed by atoms with Gasteiger partial charge >= 0.3 is 6.09 Å². The van der Waals surface area contributed by atoms with Crippen LogP contribution in [0, 0.1) is 0 Å². The van der Waals surface area contributed by atoms with Gasteiger partial charge in [0.1, 0.15) is 11.4 Å². The maximum absolute atomic E-state index is 13.3. The van der Waals surface area contributed by atoms with E-state index in [0.717, 1.165) is 0 Å². The molecular weight excluding hydrogens is 538 g/mol. The highest BCUT2D eigenvalue weighted by Crippen LogP contribution is 2.31. The van der Waals surface area contributed by atoms with Crippen LogP contribution in [0.4, 0.5) is 10.6 Å². The summed E-state index contributed by atoms with van der Waals surface area (Å²) in [6.07, 6.45) is 7.46. The second-order valence-corrected chi connectivity index (χ2v) is 12.1. The first-order chi connectivity index (χ1) is 18.9. The van der Waals surface area contributed by atoms with E-state index in [1.54, 1.807) is 56.7 Å². The highest BCUT2D eigenvalue weighted by atomic mass is 32.2. The summed E-state index contributed by atoms with van der Waals surface area (Å²) in [5.41, 5.74) is 1.13. The molecule has 4 aromatic rings. The van der Waals surface area contributed by atoms with Crippen molar-refractivity contribution in [2.75, 3.05) is 24.7 Å². The molecule has 40 heavy (non-hydrogen) atoms. The summed E-state index contributed by atoms with van der Waals surface area (Å²) in [7, 11) is -3.28. The highest BCUT2D eigenvalue weighted by molar-refractivity contribution is 7.88. The first kappa shape index (κ1) is 27.2. The van der Waals surface area contributed by atoms with Crippen molar-refractivity contribution in [1.29, 1.82) is 0 Å². The van der Waals surface area contributed by atoms with Gasteiger partial charge in [-0.2, -0.15) is 14.9 Å². The Morgan fingerprint density at radius 3 is 2.52 bits per heavy atom. The molecule has 3 N–H and O–H groups in total. The number of pyridine rings is 1. The molecule has 1 saturated heterocycles. The van der Waals surface area contributed by atoms with E-state index in [0.29, 0.717) is 54.5 Å². The minimum absolute atomic E-state index is 0.0217. The van der Waals surface area contributed by atoms with E-state index >= 15 is 0 Å². The quantitative estimate of drug-likeness (QED) is 0.302. The van der Waals surface area contributed by atoms with Crippen molar-refractivity contribution < 1.29 is 23.1 Å². The topological polar surface area (TPSA) is 177 Å². The molecule has 0 atom stereocenters. The molecule has 4 aromatic heterocycles. The lowest BCUT2D eigenvalue weighted by molar-refractivity contribution is 0.102. The molecule has 5 rings (SSSR count). The number of amides is 2. The summed E-state index contributed by atoms with van der Waals surface area (Å²) in [5, 5.41) is 23.5. The van der Waals surface area contributed by atoms with Crippen LogP contribution in [0.25, 0.3) is 11.5 Å². The van der Waals surface area contributed by atoms with Gasteiger partial charge in [-0.05, 0) is 44.4 Å². The summed E-state index contributed by atoms with van der Waals surface area (Å²) < 4.78 is 28.4. The molecule has 210 valence electrons. The van der Waals surface area contributed by atoms with Gasteiger partial charge < -0.3 is 15.7 Å². The summed E-state index contributed by atoms with van der Waals surface area (Å²) >= 11 is 0. The molecule has 2 amide bonds. The van der Waals surface area contributed by atoms with Gasteiger partial charge in [0.05, 0.1) is 23.7 Å². The highest BCUT2D eigenvalue weighted by Gasteiger charge is 2.29. The fourth-order valence-electron chi connectivity index (χ4n) is 4.74. The lowest BCUT2D eigenvalue weighted by atomic mass is 9.95. The summed E-state index contributed by atoms with van der Waals surface area (Å²) in [5.74, 6) is 0.315. The van der Waals surface area contributed by atoms with Crippen LogP contribution in [0.5, 0.6) is 0 Å². The number of carboxylic acid groups (broad SMARTS) is 1. The Balaban J connectivity index is 1.47. The number of piperidine rings is 1. The predicted molar refractivity (Wildman–Crippen MR) is 145 cm³/mol. The number of aromatic nitrogens is 6. The monoisotopic (exact) mass is 567 g/mol. The third-order valence-electron chi connectivity index (χ3n) is 6.94. The zero-order chi connectivity index (χ0) is 28.7. The molecule has 0 radical (unpaired) electrons. The Labute approximate surface area is 230 Å². The lowest BCUT2D eigenvalue weighted by Gasteiger charge is -2.29. The Morgan fingerprint density at radius 1 is 1.12 bits per heavy atom. The third-order valence-corrected chi connectivity index (χ3v) is 8.24. The van der Waals surface area contributed by atoms with Crippen molar-refractivity contribution in [3.05, 3.63) is 65.9 Å². The summed E-state index contributed by atoms with van der Waals surface area (Å²) in [4.78, 5) is 33.2. The van der Waals surface area contributed by atoms with Gasteiger partial charge in [-0.15, -0.1) is 0 Å². The van der Waals surface area contributed by atoms with Crippen molar-refractivity contribution in [3.63, 3.8) is 0 Å². The van der Waals surface area contributed by atoms with Gasteiger partial charge in [0.2, 0.25) is 10.0 Å². The van der Waals surface area contributed by atoms with Gasteiger partial charge in [-0.1, -0.05) is 6.07 Å². The molecule has 5 heterocycles. The van der Waals surface area contributed by atoms with Crippen LogP contribution in [0.1, 0.15) is 54.2 Å². The first-order valence-corrected chi connectivity index (χ1v) is 14.4. The largest absolute Gasteiger partial charge is 0.465 e. The number of nitrogens with one attached hydrogen (secondary N) is 2. The van der Waals surface area contributed by atoms with Crippen molar-refractivity contribution >= 4 is 33.5 Å². The number of carbonyl (C=O) groups is 2. The molecular formula is C25H29N9O5S. The minimum Gasteiger partial charge on any atom is -0.465 e. The van der Waals surface area contributed by atoms with Crippen molar-refractivity contribution in [2.24, 2.45) is 0 Å². The van der Waals surface area contributed by atoms with Crippen LogP contribution >= 0.6 is 0 Å². The van der Waals surface area contributed by atoms with Crippen LogP contribution in [0.3, 0.4) is 0 Å². The molecule has 14 nitrogen and oxygen atoms in total. The Morgan fingerprint density at radius 2 is 1.88 bits per heavy atom. The first-order valence-electron chi connectivity index (χ1n) is 12.6. The third kappa shape index (κ3) is 5.51. The fourth-order valence-corrected chi connectivity index (χ4v) is 5.61. The van der Waals surface area contributed by atoms with E-state index in [1.807, 2.05) is 0 Å². The minimum atomic E-state index is -3.28. The SMILES string of the molecule is CC(C)(NC(=O)O)c1ccc(-n2nc(C3CCN(S(C)(=O)=O)CC3)cc2NC(=O)c2cnn3cccnc23)nc1. The molecule has 0 aliphatic carbocycles. The van der Waals surface area contributed by atoms with E-state index in [9.17, 15) is 18.0 Å². The molecule has 0 unspecified atom stereocenters. The summed E-state index contributed by atoms with van der Waals surface area (Å²) in [6, 6.07) is 6.91. The summed E-state index contributed by atoms with van der Waals surface area (Å²) in [6.45, 7) is 4.21. The van der Waals surface area contributed by atoms with Crippen LogP contribution < -0.4 is 10.6 Å². The molecule has 0 bridgehead atoms. The molecule has 1 fully saturated rings. The van der Waals surface area contributed by atoms with Crippen LogP contribution in [-0.4, -0.2) is 78.5 Å². The maximum Gasteiger partial charge on any atom is 0.405 e. The number of hydrogen-bond donors (Lipinski definition) is 3. The molecule has 0 aromatic carbocycles. The zero-order valence-corrected chi connectivity index (χ0v) is 23.0. The molecule has 15 heteroatoms. The van der Waals surface area contributed by atoms with Crippen LogP contribution in [-0.2, 0) is 15.6 Å². The smallest absolute Gasteiger partial charge is 0.405 e. The van der Waals surface area contributed by atoms with Crippen LogP contribution in [0.2, 0.25) is 0 Å². The van der Waals surface area contributed by atoms with E-state index in [-0.39, 0.29) is 11.5 Å². The second-order valence-electron chi connectivity index (χ2n) is 10.2. The van der Waals surface area contributed by atoms with Gasteiger partial charge in [0, 0.05) is 43.7 Å². The van der Waals surface area contributed by atoms with Gasteiger partial charge in [0.25, 0.3) is 5.91 Å². The van der Waals surface area contributed by atoms with E-state index in [4.69, 9.17) is 10.2 Å². The predicted octanol–water partition coefficient (Wildman–Crippen LogP) is 2.20. The fraction of sp³-hybridized carbons (Fsp3) is 0.360. The average molecular weight is 568 g/mol. The van der Waals surface area contributed by atoms with Crippen molar-refractivity contribution in [3.8, 4) is 5.82 Å². The number of hydrogen-bond acceptors (Lipinski definition) is 8. The van der Waals surface area contributed by atoms with Crippen LogP contribution in [0.15, 0.2) is 49.1 Å². The zero-order valence-electron chi connectivity index (χ0n) is 22.1. The Hall–Kier alpha value is -4.37. The van der Waals surface area contributed by atoms with E-state index in [2.05, 4.69) is 25.7 Å². The van der Waals surface area contributed by atoms with E-state index < -0.39 is 27.6 Å². The molecule has 0 spiro atoms. The molecule has 0 saturated carbocycles. The molecule has 1 aliphatic rings. The van der Waals surface area contributed by atoms with Crippen molar-refractivity contribution in [2.45, 2.75) is 38.1 Å². The number of anilines is 1. The number of nitrogens with zero attached hydrogens (tertiary/aromatic N) is 7. The lowest BCUT2D eigenvalue weighted by Crippen LogP contribution is -2.40. The van der Waals surface area contributed by atoms with Gasteiger partial charge in [-0.3, -0.25) is 4.79 Å². The average Bonchev–Trinajstić information content (AvgIpc) is 3.52. The Bertz CT molecular complexity index is 1670. The standard InChI is InChI=1S/C25H29N9O5S/c1-25(2,30-24(36)37)17-5-6-20(27-14-17)34-21(29-23(35)18-15-28-33-10-4-9-26-22(18)33)13-19(31-34)16-7-11-32(12-8-16)40(3,38)39/h4-6,9-10,13-16,30H,7-8,11-12H2,1-3H3,(H,29,35)(H,36,37). The second kappa shape index (κ2) is 10.3. The van der Waals surface area contributed by atoms with Crippen molar-refractivity contribution in [1.82, 2.24) is 39.0 Å². The number of fused-ring (bicyclic) bond motifs is 1.